The quantitative estimate of drug-likeness (QED) is 0.385. The number of carbonyl (C=O) groups excluding carboxylic acids is 2. The first-order valence-corrected chi connectivity index (χ1v) is 12.9. The maximum absolute atomic E-state index is 13.8. The van der Waals surface area contributed by atoms with Crippen LogP contribution < -0.4 is 0 Å². The molecule has 0 radical (unpaired) electrons. The number of H-pyrrole nitrogens is 1. The van der Waals surface area contributed by atoms with Crippen LogP contribution in [0.2, 0.25) is 0 Å². The Labute approximate surface area is 212 Å². The fraction of sp³-hybridized carbons (Fsp3) is 0.241. The van der Waals surface area contributed by atoms with Crippen LogP contribution in [0.15, 0.2) is 83.3 Å². The largest absolute Gasteiger partial charge is 0.356 e. The molecule has 2 amide bonds. The van der Waals surface area contributed by atoms with E-state index in [0.717, 1.165) is 45.0 Å². The molecule has 1 unspecified atom stereocenters. The Bertz CT molecular complexity index is 1410. The first-order valence-electron chi connectivity index (χ1n) is 12.1. The number of aromatic amines is 1. The first kappa shape index (κ1) is 22.1. The van der Waals surface area contributed by atoms with E-state index in [1.165, 1.54) is 5.56 Å². The fourth-order valence-electron chi connectivity index (χ4n) is 5.65. The van der Waals surface area contributed by atoms with Gasteiger partial charge >= 0.3 is 0 Å². The highest BCUT2D eigenvalue weighted by atomic mass is 79.9. The number of carbonyl (C=O) groups is 2. The van der Waals surface area contributed by atoms with Crippen LogP contribution in [-0.2, 0) is 22.4 Å². The van der Waals surface area contributed by atoms with Crippen molar-refractivity contribution in [3.8, 4) is 0 Å². The number of hydrogen-bond donors (Lipinski definition) is 1. The van der Waals surface area contributed by atoms with Crippen LogP contribution in [0.1, 0.15) is 34.8 Å². The lowest BCUT2D eigenvalue weighted by Gasteiger charge is -2.47. The molecule has 2 aliphatic rings. The second kappa shape index (κ2) is 9.00. The number of aromatic nitrogens is 1. The number of amides is 2. The smallest absolute Gasteiger partial charge is 0.246 e. The van der Waals surface area contributed by atoms with E-state index in [-0.39, 0.29) is 24.4 Å². The van der Waals surface area contributed by atoms with Crippen LogP contribution >= 0.6 is 15.9 Å². The van der Waals surface area contributed by atoms with Crippen LogP contribution in [-0.4, -0.2) is 45.7 Å². The number of nitrogens with zero attached hydrogens (tertiary/aromatic N) is 2. The summed E-state index contributed by atoms with van der Waals surface area (Å²) in [5.41, 5.74) is 5.44. The van der Waals surface area contributed by atoms with Crippen molar-refractivity contribution < 1.29 is 9.59 Å². The topological polar surface area (TPSA) is 56.4 Å². The van der Waals surface area contributed by atoms with Gasteiger partial charge in [0.05, 0.1) is 12.6 Å². The van der Waals surface area contributed by atoms with Crippen molar-refractivity contribution in [2.24, 2.45) is 0 Å². The standard InChI is InChI=1S/C29H26BrN3O2/c30-21-12-6-11-20(16-21)28-27-23(22-13-4-5-14-24(22)31-27)17-25-29(35)32(18-26(34)33(25)28)15-7-10-19-8-2-1-3-9-19/h1-6,8-9,11-14,16,25,28,31H,7,10,15,17-18H2/t25-,28?/m0/s1. The molecule has 3 heterocycles. The van der Waals surface area contributed by atoms with Gasteiger partial charge in [-0.1, -0.05) is 76.6 Å². The van der Waals surface area contributed by atoms with Gasteiger partial charge in [0.15, 0.2) is 0 Å². The lowest BCUT2D eigenvalue weighted by molar-refractivity contribution is -0.158. The Morgan fingerprint density at radius 2 is 1.74 bits per heavy atom. The Balaban J connectivity index is 1.35. The molecule has 0 bridgehead atoms. The van der Waals surface area contributed by atoms with Crippen molar-refractivity contribution in [3.05, 3.63) is 106 Å². The summed E-state index contributed by atoms with van der Waals surface area (Å²) in [4.78, 5) is 34.6. The number of nitrogens with one attached hydrogen (secondary N) is 1. The average molecular weight is 528 g/mol. The minimum absolute atomic E-state index is 0.00333. The molecule has 3 aromatic carbocycles. The molecule has 0 aliphatic carbocycles. The summed E-state index contributed by atoms with van der Waals surface area (Å²) in [5, 5.41) is 1.13. The number of aryl methyl sites for hydroxylation is 1. The predicted molar refractivity (Wildman–Crippen MR) is 140 cm³/mol. The van der Waals surface area contributed by atoms with Gasteiger partial charge < -0.3 is 14.8 Å². The molecule has 2 atom stereocenters. The van der Waals surface area contributed by atoms with Crippen LogP contribution in [0.25, 0.3) is 10.9 Å². The Morgan fingerprint density at radius 1 is 0.943 bits per heavy atom. The number of para-hydroxylation sites is 1. The lowest BCUT2D eigenvalue weighted by Crippen LogP contribution is -2.63. The van der Waals surface area contributed by atoms with E-state index in [2.05, 4.69) is 45.2 Å². The van der Waals surface area contributed by atoms with Gasteiger partial charge in [-0.25, -0.2) is 0 Å². The minimum Gasteiger partial charge on any atom is -0.356 e. The summed E-state index contributed by atoms with van der Waals surface area (Å²) in [6, 6.07) is 25.7. The van der Waals surface area contributed by atoms with Crippen molar-refractivity contribution in [2.45, 2.75) is 31.3 Å². The number of piperazine rings is 1. The second-order valence-electron chi connectivity index (χ2n) is 9.39. The van der Waals surface area contributed by atoms with Gasteiger partial charge in [0.25, 0.3) is 0 Å². The normalized spacial score (nSPS) is 19.7. The molecule has 2 aliphatic heterocycles. The van der Waals surface area contributed by atoms with Gasteiger partial charge in [-0.2, -0.15) is 0 Å². The van der Waals surface area contributed by atoms with Crippen molar-refractivity contribution in [1.82, 2.24) is 14.8 Å². The predicted octanol–water partition coefficient (Wildman–Crippen LogP) is 5.25. The van der Waals surface area contributed by atoms with Gasteiger partial charge in [0.2, 0.25) is 11.8 Å². The van der Waals surface area contributed by atoms with E-state index >= 15 is 0 Å². The van der Waals surface area contributed by atoms with Gasteiger partial charge in [-0.15, -0.1) is 0 Å². The van der Waals surface area contributed by atoms with E-state index in [1.807, 2.05) is 59.5 Å². The van der Waals surface area contributed by atoms with Crippen LogP contribution in [0.3, 0.4) is 0 Å². The van der Waals surface area contributed by atoms with Crippen molar-refractivity contribution in [3.63, 3.8) is 0 Å². The van der Waals surface area contributed by atoms with Crippen LogP contribution in [0.4, 0.5) is 0 Å². The van der Waals surface area contributed by atoms with Crippen molar-refractivity contribution in [1.29, 1.82) is 0 Å². The number of hydrogen-bond acceptors (Lipinski definition) is 2. The molecule has 1 fully saturated rings. The SMILES string of the molecule is O=C1[C@@H]2Cc3c([nH]c4ccccc34)C(c3cccc(Br)c3)N2C(=O)CN1CCCc1ccccc1. The second-order valence-corrected chi connectivity index (χ2v) is 10.3. The number of fused-ring (bicyclic) bond motifs is 4. The number of rotatable bonds is 5. The average Bonchev–Trinajstić information content (AvgIpc) is 3.25. The van der Waals surface area contributed by atoms with Gasteiger partial charge in [-0.05, 0) is 47.7 Å². The van der Waals surface area contributed by atoms with Crippen molar-refractivity contribution in [2.75, 3.05) is 13.1 Å². The fourth-order valence-corrected chi connectivity index (χ4v) is 6.07. The Hall–Kier alpha value is -3.38. The highest BCUT2D eigenvalue weighted by molar-refractivity contribution is 9.10. The molecule has 1 aromatic heterocycles. The van der Waals surface area contributed by atoms with Crippen molar-refractivity contribution >= 4 is 38.6 Å². The zero-order valence-corrected chi connectivity index (χ0v) is 20.9. The summed E-state index contributed by atoms with van der Waals surface area (Å²) in [7, 11) is 0. The van der Waals surface area contributed by atoms with E-state index in [1.54, 1.807) is 4.90 Å². The third-order valence-corrected chi connectivity index (χ3v) is 7.74. The zero-order chi connectivity index (χ0) is 23.9. The molecule has 0 spiro atoms. The maximum atomic E-state index is 13.8. The van der Waals surface area contributed by atoms with Crippen LogP contribution in [0.5, 0.6) is 0 Å². The third kappa shape index (κ3) is 3.96. The molecule has 6 rings (SSSR count). The summed E-state index contributed by atoms with van der Waals surface area (Å²) < 4.78 is 0.952. The highest BCUT2D eigenvalue weighted by Crippen LogP contribution is 2.42. The minimum atomic E-state index is -0.497. The number of benzene rings is 3. The van der Waals surface area contributed by atoms with E-state index in [0.29, 0.717) is 13.0 Å². The summed E-state index contributed by atoms with van der Waals surface area (Å²) >= 11 is 3.59. The third-order valence-electron chi connectivity index (χ3n) is 7.24. The summed E-state index contributed by atoms with van der Waals surface area (Å²) in [6.45, 7) is 0.719. The molecule has 176 valence electrons. The summed E-state index contributed by atoms with van der Waals surface area (Å²) in [6.07, 6.45) is 2.26. The molecule has 4 aromatic rings. The maximum Gasteiger partial charge on any atom is 0.246 e. The molecule has 35 heavy (non-hydrogen) atoms. The van der Waals surface area contributed by atoms with Gasteiger partial charge in [0.1, 0.15) is 6.04 Å². The molecule has 6 heteroatoms. The van der Waals surface area contributed by atoms with E-state index < -0.39 is 6.04 Å². The molecule has 0 saturated carbocycles. The Morgan fingerprint density at radius 3 is 2.57 bits per heavy atom. The van der Waals surface area contributed by atoms with E-state index in [9.17, 15) is 9.59 Å². The lowest BCUT2D eigenvalue weighted by atomic mass is 9.86. The Kier molecular flexibility index (Phi) is 5.69. The molecular weight excluding hydrogens is 502 g/mol. The van der Waals surface area contributed by atoms with Gasteiger partial charge in [0, 0.05) is 34.0 Å². The monoisotopic (exact) mass is 527 g/mol. The van der Waals surface area contributed by atoms with E-state index in [4.69, 9.17) is 0 Å². The van der Waals surface area contributed by atoms with Crippen LogP contribution in [0, 0.1) is 0 Å². The zero-order valence-electron chi connectivity index (χ0n) is 19.3. The van der Waals surface area contributed by atoms with Gasteiger partial charge in [-0.3, -0.25) is 9.59 Å². The highest BCUT2D eigenvalue weighted by Gasteiger charge is 2.48. The summed E-state index contributed by atoms with van der Waals surface area (Å²) in [5.74, 6) is 0.0529. The number of halogens is 1. The molecule has 5 nitrogen and oxygen atoms in total. The molecule has 1 saturated heterocycles. The molecular formula is C29H26BrN3O2. The first-order chi connectivity index (χ1) is 17.1. The molecule has 1 N–H and O–H groups in total.